The fourth-order valence-corrected chi connectivity index (χ4v) is 1.89. The van der Waals surface area contributed by atoms with Gasteiger partial charge in [0.2, 0.25) is 0 Å². The number of nitro groups is 1. The lowest BCUT2D eigenvalue weighted by Crippen LogP contribution is -1.93. The molecule has 0 bridgehead atoms. The second kappa shape index (κ2) is 6.12. The maximum Gasteiger partial charge on any atom is 0.269 e. The molecule has 0 atom stereocenters. The van der Waals surface area contributed by atoms with Crippen molar-refractivity contribution in [2.45, 2.75) is 0 Å². The lowest BCUT2D eigenvalue weighted by atomic mass is 10.0. The van der Waals surface area contributed by atoms with Crippen LogP contribution in [0.5, 0.6) is 0 Å². The van der Waals surface area contributed by atoms with E-state index in [0.717, 1.165) is 0 Å². The molecule has 0 unspecified atom stereocenters. The molecule has 20 heavy (non-hydrogen) atoms. The summed E-state index contributed by atoms with van der Waals surface area (Å²) in [5.74, 6) is 0. The molecular weight excluding hydrogens is 278 g/mol. The number of nitrogens with zero attached hydrogens (tertiary/aromatic N) is 1. The minimum Gasteiger partial charge on any atom is -0.276 e. The van der Waals surface area contributed by atoms with Gasteiger partial charge < -0.3 is 0 Å². The van der Waals surface area contributed by atoms with Crippen molar-refractivity contribution in [2.24, 2.45) is 0 Å². The molecule has 0 aliphatic heterocycles. The van der Waals surface area contributed by atoms with E-state index in [0.29, 0.717) is 16.7 Å². The molecule has 0 spiro atoms. The average molecular weight is 288 g/mol. The summed E-state index contributed by atoms with van der Waals surface area (Å²) in [5, 5.41) is 10.0. The number of allylic oxidation sites excluding steroid dienone is 1. The molecule has 2 aromatic rings. The first-order valence-corrected chi connectivity index (χ1v) is 6.17. The standard InChI is InChI=1S/C15H10ClNO3/c16-15(18)14(12-4-2-1-3-5-12)10-11-6-8-13(9-7-11)17(19)20/h1-10H. The molecular formula is C15H10ClNO3. The van der Waals surface area contributed by atoms with Crippen LogP contribution in [0.2, 0.25) is 0 Å². The van der Waals surface area contributed by atoms with Gasteiger partial charge in [-0.1, -0.05) is 30.3 Å². The van der Waals surface area contributed by atoms with E-state index in [-0.39, 0.29) is 5.69 Å². The first kappa shape index (κ1) is 14.0. The molecule has 2 aromatic carbocycles. The maximum absolute atomic E-state index is 11.5. The lowest BCUT2D eigenvalue weighted by Gasteiger charge is -2.03. The van der Waals surface area contributed by atoms with Gasteiger partial charge in [0.25, 0.3) is 10.9 Å². The topological polar surface area (TPSA) is 60.2 Å². The van der Waals surface area contributed by atoms with Gasteiger partial charge in [-0.2, -0.15) is 0 Å². The Kier molecular flexibility index (Phi) is 4.27. The van der Waals surface area contributed by atoms with Crippen LogP contribution in [0.4, 0.5) is 5.69 Å². The Morgan fingerprint density at radius 1 is 1.05 bits per heavy atom. The summed E-state index contributed by atoms with van der Waals surface area (Å²) in [5.41, 5.74) is 1.72. The number of nitro benzene ring substituents is 1. The zero-order valence-electron chi connectivity index (χ0n) is 10.3. The molecule has 0 aliphatic rings. The summed E-state index contributed by atoms with van der Waals surface area (Å²) in [6, 6.07) is 14.9. The maximum atomic E-state index is 11.5. The molecule has 4 nitrogen and oxygen atoms in total. The Morgan fingerprint density at radius 2 is 1.65 bits per heavy atom. The van der Waals surface area contributed by atoms with Crippen LogP contribution >= 0.6 is 11.6 Å². The van der Waals surface area contributed by atoms with E-state index in [1.54, 1.807) is 42.5 Å². The summed E-state index contributed by atoms with van der Waals surface area (Å²) in [7, 11) is 0. The van der Waals surface area contributed by atoms with E-state index in [1.165, 1.54) is 12.1 Å². The molecule has 0 fully saturated rings. The quantitative estimate of drug-likeness (QED) is 0.282. The van der Waals surface area contributed by atoms with Gasteiger partial charge in [0.05, 0.1) is 4.92 Å². The molecule has 0 saturated carbocycles. The van der Waals surface area contributed by atoms with Gasteiger partial charge in [-0.05, 0) is 40.9 Å². The summed E-state index contributed by atoms with van der Waals surface area (Å²) < 4.78 is 0. The summed E-state index contributed by atoms with van der Waals surface area (Å²) in [4.78, 5) is 21.6. The van der Waals surface area contributed by atoms with Gasteiger partial charge in [0, 0.05) is 17.7 Å². The van der Waals surface area contributed by atoms with Crippen LogP contribution in [0.3, 0.4) is 0 Å². The first-order valence-electron chi connectivity index (χ1n) is 5.79. The highest BCUT2D eigenvalue weighted by atomic mass is 35.5. The highest BCUT2D eigenvalue weighted by Gasteiger charge is 2.09. The fraction of sp³-hybridized carbons (Fsp3) is 0. The monoisotopic (exact) mass is 287 g/mol. The molecule has 0 radical (unpaired) electrons. The SMILES string of the molecule is O=C(Cl)C(=Cc1ccc([N+](=O)[O-])cc1)c1ccccc1. The predicted octanol–water partition coefficient (Wildman–Crippen LogP) is 3.90. The number of non-ortho nitro benzene ring substituents is 1. The van der Waals surface area contributed by atoms with Crippen LogP contribution in [0, 0.1) is 10.1 Å². The Balaban J connectivity index is 2.39. The number of hydrogen-bond acceptors (Lipinski definition) is 3. The largest absolute Gasteiger partial charge is 0.276 e. The third kappa shape index (κ3) is 3.30. The predicted molar refractivity (Wildman–Crippen MR) is 78.3 cm³/mol. The summed E-state index contributed by atoms with van der Waals surface area (Å²) in [6.45, 7) is 0. The number of carbonyl (C=O) groups is 1. The van der Waals surface area contributed by atoms with Crippen LogP contribution in [0.1, 0.15) is 11.1 Å². The Labute approximate surface area is 120 Å². The molecule has 5 heteroatoms. The van der Waals surface area contributed by atoms with E-state index in [2.05, 4.69) is 0 Å². The van der Waals surface area contributed by atoms with Crippen molar-refractivity contribution in [1.29, 1.82) is 0 Å². The minimum absolute atomic E-state index is 0.000566. The number of carbonyl (C=O) groups excluding carboxylic acids is 1. The number of benzene rings is 2. The van der Waals surface area contributed by atoms with Crippen LogP contribution < -0.4 is 0 Å². The zero-order valence-corrected chi connectivity index (χ0v) is 11.1. The molecule has 0 amide bonds. The number of hydrogen-bond donors (Lipinski definition) is 0. The number of rotatable bonds is 4. The zero-order chi connectivity index (χ0) is 14.5. The third-order valence-corrected chi connectivity index (χ3v) is 2.92. The van der Waals surface area contributed by atoms with Crippen molar-refractivity contribution in [2.75, 3.05) is 0 Å². The van der Waals surface area contributed by atoms with E-state index >= 15 is 0 Å². The van der Waals surface area contributed by atoms with Crippen LogP contribution in [-0.4, -0.2) is 10.2 Å². The molecule has 100 valence electrons. The Bertz CT molecular complexity index is 663. The highest BCUT2D eigenvalue weighted by Crippen LogP contribution is 2.22. The van der Waals surface area contributed by atoms with Gasteiger partial charge in [0.15, 0.2) is 0 Å². The van der Waals surface area contributed by atoms with Gasteiger partial charge in [-0.15, -0.1) is 0 Å². The Hall–Kier alpha value is -2.46. The molecule has 2 rings (SSSR count). The molecule has 0 saturated heterocycles. The normalized spacial score (nSPS) is 11.2. The minimum atomic E-state index is -0.574. The summed E-state index contributed by atoms with van der Waals surface area (Å²) >= 11 is 5.59. The summed E-state index contributed by atoms with van der Waals surface area (Å²) in [6.07, 6.45) is 1.61. The van der Waals surface area contributed by atoms with Crippen LogP contribution in [0.25, 0.3) is 11.6 Å². The molecule has 0 N–H and O–H groups in total. The van der Waals surface area contributed by atoms with E-state index in [1.807, 2.05) is 6.07 Å². The molecule has 0 aromatic heterocycles. The fourth-order valence-electron chi connectivity index (χ4n) is 1.73. The van der Waals surface area contributed by atoms with Gasteiger partial charge in [0.1, 0.15) is 0 Å². The number of halogens is 1. The molecule has 0 aliphatic carbocycles. The van der Waals surface area contributed by atoms with Crippen molar-refractivity contribution >= 4 is 34.2 Å². The lowest BCUT2D eigenvalue weighted by molar-refractivity contribution is -0.384. The van der Waals surface area contributed by atoms with E-state index < -0.39 is 10.2 Å². The van der Waals surface area contributed by atoms with Crippen molar-refractivity contribution < 1.29 is 9.72 Å². The van der Waals surface area contributed by atoms with Crippen molar-refractivity contribution in [3.63, 3.8) is 0 Å². The van der Waals surface area contributed by atoms with Crippen LogP contribution in [0.15, 0.2) is 54.6 Å². The van der Waals surface area contributed by atoms with Gasteiger partial charge >= 0.3 is 0 Å². The van der Waals surface area contributed by atoms with Gasteiger partial charge in [-0.3, -0.25) is 14.9 Å². The van der Waals surface area contributed by atoms with E-state index in [4.69, 9.17) is 11.6 Å². The first-order chi connectivity index (χ1) is 9.58. The van der Waals surface area contributed by atoms with Crippen molar-refractivity contribution in [3.8, 4) is 0 Å². The second-order valence-corrected chi connectivity index (χ2v) is 4.39. The smallest absolute Gasteiger partial charge is 0.269 e. The third-order valence-electron chi connectivity index (χ3n) is 2.71. The van der Waals surface area contributed by atoms with Crippen molar-refractivity contribution in [3.05, 3.63) is 75.8 Å². The highest BCUT2D eigenvalue weighted by molar-refractivity contribution is 6.75. The van der Waals surface area contributed by atoms with Crippen molar-refractivity contribution in [1.82, 2.24) is 0 Å². The average Bonchev–Trinajstić information content (AvgIpc) is 2.46. The van der Waals surface area contributed by atoms with E-state index in [9.17, 15) is 14.9 Å². The van der Waals surface area contributed by atoms with Crippen LogP contribution in [-0.2, 0) is 4.79 Å². The second-order valence-electron chi connectivity index (χ2n) is 4.05. The Morgan fingerprint density at radius 3 is 2.15 bits per heavy atom. The molecule has 0 heterocycles. The van der Waals surface area contributed by atoms with Gasteiger partial charge in [-0.25, -0.2) is 0 Å².